The molecular weight excluding hydrogens is 400 g/mol. The Balaban J connectivity index is 1.30. The van der Waals surface area contributed by atoms with Crippen LogP contribution in [0.5, 0.6) is 0 Å². The number of ether oxygens (including phenoxy) is 2. The van der Waals surface area contributed by atoms with Crippen LogP contribution in [0.2, 0.25) is 0 Å². The fourth-order valence-corrected chi connectivity index (χ4v) is 8.48. The van der Waals surface area contributed by atoms with E-state index in [2.05, 4.69) is 13.8 Å². The molecule has 4 aliphatic carbocycles. The van der Waals surface area contributed by atoms with Crippen molar-refractivity contribution < 1.29 is 19.1 Å². The molecule has 1 aromatic carbocycles. The molecule has 0 radical (unpaired) electrons. The van der Waals surface area contributed by atoms with Crippen molar-refractivity contribution in [1.82, 2.24) is 0 Å². The largest absolute Gasteiger partial charge is 0.463 e. The normalized spacial score (nSPS) is 42.8. The minimum atomic E-state index is -0.168. The summed E-state index contributed by atoms with van der Waals surface area (Å²) in [6.45, 7) is 6.46. The second-order valence-electron chi connectivity index (χ2n) is 11.5. The first-order valence-corrected chi connectivity index (χ1v) is 12.7. The third-order valence-electron chi connectivity index (χ3n) is 10.1. The first kappa shape index (κ1) is 22.0. The number of carbonyl (C=O) groups is 2. The second-order valence-corrected chi connectivity index (χ2v) is 11.5. The molecule has 4 fully saturated rings. The quantitative estimate of drug-likeness (QED) is 0.528. The SMILES string of the molecule is CC(=O)O[C@H]1CC[C@@]2(C)[C@@H](CC[C@@H]3[C@H]4CC[C@H](OC(=O)c5ccccc5)[C@@]4(C)CC[C@@H]32)C1. The third kappa shape index (κ3) is 3.58. The summed E-state index contributed by atoms with van der Waals surface area (Å²) in [5, 5.41) is 0. The van der Waals surface area contributed by atoms with Crippen molar-refractivity contribution >= 4 is 11.9 Å². The molecule has 4 saturated carbocycles. The number of rotatable bonds is 3. The van der Waals surface area contributed by atoms with Gasteiger partial charge in [-0.05, 0) is 99.0 Å². The second kappa shape index (κ2) is 8.18. The number of benzene rings is 1. The summed E-state index contributed by atoms with van der Waals surface area (Å²) in [6, 6.07) is 9.43. The minimum Gasteiger partial charge on any atom is -0.463 e. The predicted molar refractivity (Wildman–Crippen MR) is 123 cm³/mol. The number of esters is 2. The summed E-state index contributed by atoms with van der Waals surface area (Å²) in [6.07, 6.45) is 10.5. The fraction of sp³-hybridized carbons (Fsp3) is 0.714. The van der Waals surface area contributed by atoms with Crippen molar-refractivity contribution in [2.45, 2.75) is 90.8 Å². The maximum Gasteiger partial charge on any atom is 0.338 e. The Labute approximate surface area is 192 Å². The van der Waals surface area contributed by atoms with Crippen LogP contribution < -0.4 is 0 Å². The van der Waals surface area contributed by atoms with E-state index in [1.165, 1.54) is 39.0 Å². The Morgan fingerprint density at radius 1 is 0.844 bits per heavy atom. The Bertz CT molecular complexity index is 865. The molecule has 0 heterocycles. The van der Waals surface area contributed by atoms with Gasteiger partial charge in [0.1, 0.15) is 12.2 Å². The smallest absolute Gasteiger partial charge is 0.338 e. The highest BCUT2D eigenvalue weighted by atomic mass is 16.5. The lowest BCUT2D eigenvalue weighted by Gasteiger charge is -2.60. The van der Waals surface area contributed by atoms with Crippen molar-refractivity contribution in [2.24, 2.45) is 34.5 Å². The van der Waals surface area contributed by atoms with E-state index in [0.29, 0.717) is 22.8 Å². The Morgan fingerprint density at radius 3 is 2.31 bits per heavy atom. The van der Waals surface area contributed by atoms with E-state index < -0.39 is 0 Å². The molecule has 0 aromatic heterocycles. The summed E-state index contributed by atoms with van der Waals surface area (Å²) in [5.41, 5.74) is 1.12. The number of hydrogen-bond donors (Lipinski definition) is 0. The lowest BCUT2D eigenvalue weighted by atomic mass is 9.45. The molecule has 0 bridgehead atoms. The van der Waals surface area contributed by atoms with E-state index in [0.717, 1.165) is 37.5 Å². The van der Waals surface area contributed by atoms with Crippen LogP contribution in [0.15, 0.2) is 30.3 Å². The highest BCUT2D eigenvalue weighted by Gasteiger charge is 2.61. The van der Waals surface area contributed by atoms with E-state index in [1.54, 1.807) is 0 Å². The molecule has 174 valence electrons. The maximum atomic E-state index is 12.8. The summed E-state index contributed by atoms with van der Waals surface area (Å²) in [7, 11) is 0. The minimum absolute atomic E-state index is 0.0337. The van der Waals surface area contributed by atoms with Gasteiger partial charge in [-0.2, -0.15) is 0 Å². The summed E-state index contributed by atoms with van der Waals surface area (Å²) < 4.78 is 11.8. The van der Waals surface area contributed by atoms with Crippen LogP contribution in [0.25, 0.3) is 0 Å². The zero-order valence-electron chi connectivity index (χ0n) is 19.8. The monoisotopic (exact) mass is 438 g/mol. The van der Waals surface area contributed by atoms with Gasteiger partial charge in [0.25, 0.3) is 0 Å². The average molecular weight is 439 g/mol. The molecule has 0 N–H and O–H groups in total. The van der Waals surface area contributed by atoms with Crippen molar-refractivity contribution in [3.8, 4) is 0 Å². The first-order chi connectivity index (χ1) is 15.3. The van der Waals surface area contributed by atoms with Crippen LogP contribution in [-0.2, 0) is 14.3 Å². The summed E-state index contributed by atoms with van der Waals surface area (Å²) in [4.78, 5) is 24.3. The van der Waals surface area contributed by atoms with Gasteiger partial charge in [-0.3, -0.25) is 4.79 Å². The Kier molecular flexibility index (Phi) is 5.62. The third-order valence-corrected chi connectivity index (χ3v) is 10.1. The average Bonchev–Trinajstić information content (AvgIpc) is 3.10. The van der Waals surface area contributed by atoms with Gasteiger partial charge < -0.3 is 9.47 Å². The molecule has 4 nitrogen and oxygen atoms in total. The topological polar surface area (TPSA) is 52.6 Å². The molecule has 32 heavy (non-hydrogen) atoms. The molecule has 0 spiro atoms. The molecule has 1 aromatic rings. The van der Waals surface area contributed by atoms with Crippen LogP contribution in [0.1, 0.15) is 88.9 Å². The molecule has 0 amide bonds. The number of carbonyl (C=O) groups excluding carboxylic acids is 2. The van der Waals surface area contributed by atoms with Crippen molar-refractivity contribution in [2.75, 3.05) is 0 Å². The summed E-state index contributed by atoms with van der Waals surface area (Å²) >= 11 is 0. The van der Waals surface area contributed by atoms with E-state index in [1.807, 2.05) is 30.3 Å². The van der Waals surface area contributed by atoms with E-state index >= 15 is 0 Å². The molecule has 0 aliphatic heterocycles. The number of hydrogen-bond acceptors (Lipinski definition) is 4. The van der Waals surface area contributed by atoms with E-state index in [-0.39, 0.29) is 29.6 Å². The Morgan fingerprint density at radius 2 is 1.56 bits per heavy atom. The van der Waals surface area contributed by atoms with Gasteiger partial charge in [-0.1, -0.05) is 32.0 Å². The molecule has 5 rings (SSSR count). The predicted octanol–water partition coefficient (Wildman–Crippen LogP) is 6.19. The number of fused-ring (bicyclic) bond motifs is 5. The molecule has 0 unspecified atom stereocenters. The van der Waals surface area contributed by atoms with Crippen LogP contribution >= 0.6 is 0 Å². The Hall–Kier alpha value is -1.84. The van der Waals surface area contributed by atoms with Gasteiger partial charge in [-0.15, -0.1) is 0 Å². The van der Waals surface area contributed by atoms with Gasteiger partial charge in [0, 0.05) is 12.3 Å². The first-order valence-electron chi connectivity index (χ1n) is 12.7. The van der Waals surface area contributed by atoms with Crippen molar-refractivity contribution in [3.05, 3.63) is 35.9 Å². The van der Waals surface area contributed by atoms with Crippen molar-refractivity contribution in [3.63, 3.8) is 0 Å². The molecule has 4 heteroatoms. The van der Waals surface area contributed by atoms with Gasteiger partial charge >= 0.3 is 11.9 Å². The van der Waals surface area contributed by atoms with E-state index in [4.69, 9.17) is 9.47 Å². The van der Waals surface area contributed by atoms with Crippen LogP contribution in [0.3, 0.4) is 0 Å². The lowest BCUT2D eigenvalue weighted by molar-refractivity contribution is -0.161. The zero-order valence-corrected chi connectivity index (χ0v) is 19.8. The highest BCUT2D eigenvalue weighted by Crippen LogP contribution is 2.66. The van der Waals surface area contributed by atoms with Crippen LogP contribution in [-0.4, -0.2) is 24.1 Å². The van der Waals surface area contributed by atoms with Gasteiger partial charge in [-0.25, -0.2) is 4.79 Å². The van der Waals surface area contributed by atoms with E-state index in [9.17, 15) is 9.59 Å². The standard InChI is InChI=1S/C28H38O4/c1-18(29)31-21-13-15-27(2)20(17-21)9-10-22-23-11-12-25(28(23,3)16-14-24(22)27)32-26(30)19-7-5-4-6-8-19/h4-8,20-25H,9-17H2,1-3H3/t20-,21-,22+,23+,24-,25-,27-,28-/m0/s1. The van der Waals surface area contributed by atoms with Gasteiger partial charge in [0.15, 0.2) is 0 Å². The van der Waals surface area contributed by atoms with Gasteiger partial charge in [0.2, 0.25) is 0 Å². The lowest BCUT2D eigenvalue weighted by Crippen LogP contribution is -2.54. The maximum absolute atomic E-state index is 12.8. The van der Waals surface area contributed by atoms with Crippen molar-refractivity contribution in [1.29, 1.82) is 0 Å². The fourth-order valence-electron chi connectivity index (χ4n) is 8.48. The molecule has 8 atom stereocenters. The van der Waals surface area contributed by atoms with Gasteiger partial charge in [0.05, 0.1) is 5.56 Å². The van der Waals surface area contributed by atoms with Crippen LogP contribution in [0.4, 0.5) is 0 Å². The highest BCUT2D eigenvalue weighted by molar-refractivity contribution is 5.89. The molecule has 4 aliphatic rings. The summed E-state index contributed by atoms with van der Waals surface area (Å²) in [5.74, 6) is 2.50. The zero-order chi connectivity index (χ0) is 22.5. The molecule has 0 saturated heterocycles. The molecular formula is C28H38O4. The van der Waals surface area contributed by atoms with Crippen LogP contribution in [0, 0.1) is 34.5 Å².